The highest BCUT2D eigenvalue weighted by atomic mass is 32.1. The molecule has 0 amide bonds. The van der Waals surface area contributed by atoms with E-state index in [1.807, 2.05) is 51.1 Å². The molecule has 166 valence electrons. The fourth-order valence-corrected chi connectivity index (χ4v) is 4.96. The van der Waals surface area contributed by atoms with Crippen LogP contribution in [0.3, 0.4) is 0 Å². The van der Waals surface area contributed by atoms with Gasteiger partial charge in [-0.15, -0.1) is 11.3 Å². The largest absolute Gasteiger partial charge is 0.439 e. The van der Waals surface area contributed by atoms with Gasteiger partial charge in [-0.2, -0.15) is 0 Å². The summed E-state index contributed by atoms with van der Waals surface area (Å²) in [5, 5.41) is 10.6. The molecule has 8 heteroatoms. The van der Waals surface area contributed by atoms with Gasteiger partial charge >= 0.3 is 5.69 Å². The van der Waals surface area contributed by atoms with Crippen LogP contribution < -0.4 is 16.0 Å². The van der Waals surface area contributed by atoms with Crippen molar-refractivity contribution in [2.45, 2.75) is 46.3 Å². The molecule has 0 spiro atoms. The van der Waals surface area contributed by atoms with Gasteiger partial charge in [-0.05, 0) is 43.5 Å². The number of benzene rings is 1. The van der Waals surface area contributed by atoms with Crippen molar-refractivity contribution in [1.82, 2.24) is 14.5 Å². The summed E-state index contributed by atoms with van der Waals surface area (Å²) in [6.45, 7) is 5.97. The number of aromatic nitrogens is 3. The van der Waals surface area contributed by atoms with Gasteiger partial charge in [-0.1, -0.05) is 31.5 Å². The van der Waals surface area contributed by atoms with Crippen molar-refractivity contribution < 1.29 is 9.84 Å². The lowest BCUT2D eigenvalue weighted by Gasteiger charge is -2.10. The summed E-state index contributed by atoms with van der Waals surface area (Å²) in [5.41, 5.74) is 1.94. The van der Waals surface area contributed by atoms with Gasteiger partial charge in [0.1, 0.15) is 10.6 Å². The number of fused-ring (bicyclic) bond motifs is 1. The van der Waals surface area contributed by atoms with Crippen LogP contribution in [0.2, 0.25) is 0 Å². The van der Waals surface area contributed by atoms with Crippen molar-refractivity contribution in [3.05, 3.63) is 74.6 Å². The first-order valence-corrected chi connectivity index (χ1v) is 11.4. The molecule has 0 radical (unpaired) electrons. The maximum atomic E-state index is 12.7. The smallest absolute Gasteiger partial charge is 0.329 e. The third kappa shape index (κ3) is 4.24. The highest BCUT2D eigenvalue weighted by Crippen LogP contribution is 2.37. The topological polar surface area (TPSA) is 97.2 Å². The predicted octanol–water partition coefficient (Wildman–Crippen LogP) is 4.25. The number of thiophene rings is 1. The van der Waals surface area contributed by atoms with E-state index >= 15 is 0 Å². The second-order valence-electron chi connectivity index (χ2n) is 7.68. The van der Waals surface area contributed by atoms with Gasteiger partial charge in [0.15, 0.2) is 0 Å². The van der Waals surface area contributed by atoms with Gasteiger partial charge in [-0.3, -0.25) is 14.3 Å². The Morgan fingerprint density at radius 2 is 1.91 bits per heavy atom. The minimum atomic E-state index is -0.669. The Balaban J connectivity index is 1.76. The molecule has 3 heterocycles. The highest BCUT2D eigenvalue weighted by molar-refractivity contribution is 7.22. The minimum absolute atomic E-state index is 0.132. The molecule has 2 N–H and O–H groups in total. The number of ether oxygens (including phenoxy) is 1. The second kappa shape index (κ2) is 9.10. The Morgan fingerprint density at radius 3 is 2.53 bits per heavy atom. The van der Waals surface area contributed by atoms with Crippen molar-refractivity contribution in [3.63, 3.8) is 0 Å². The van der Waals surface area contributed by atoms with E-state index in [4.69, 9.17) is 4.74 Å². The Kier molecular flexibility index (Phi) is 6.25. The molecule has 0 fully saturated rings. The van der Waals surface area contributed by atoms with Gasteiger partial charge < -0.3 is 9.84 Å². The van der Waals surface area contributed by atoms with Crippen LogP contribution in [0.25, 0.3) is 20.7 Å². The maximum absolute atomic E-state index is 12.7. The number of aryl methyl sites for hydroxylation is 2. The lowest BCUT2D eigenvalue weighted by molar-refractivity contribution is 0.150. The lowest BCUT2D eigenvalue weighted by Crippen LogP contribution is -2.33. The number of nitrogens with zero attached hydrogens (tertiary/aromatic N) is 2. The van der Waals surface area contributed by atoms with Crippen LogP contribution in [-0.2, 0) is 13.0 Å². The molecule has 32 heavy (non-hydrogen) atoms. The molecule has 0 aliphatic carbocycles. The standard InChI is InChI=1S/C24H25N3O4S/c1-4-16(28)13-27-23-20(22(29)26-24(27)30)18(5-2)21(32-23)15-8-11-19(25-12-15)31-17-9-6-14(3)7-10-17/h6-12,16,28H,4-5,13H2,1-3H3,(H,26,29,30)/t16-/m0/s1. The normalized spacial score (nSPS) is 12.2. The van der Waals surface area contributed by atoms with Crippen LogP contribution in [0, 0.1) is 6.92 Å². The quantitative estimate of drug-likeness (QED) is 0.438. The van der Waals surface area contributed by atoms with Crippen molar-refractivity contribution in [2.24, 2.45) is 0 Å². The van der Waals surface area contributed by atoms with Crippen LogP contribution in [0.15, 0.2) is 52.2 Å². The Hall–Kier alpha value is -3.23. The molecular formula is C24H25N3O4S. The van der Waals surface area contributed by atoms with E-state index in [0.717, 1.165) is 21.6 Å². The number of hydrogen-bond acceptors (Lipinski definition) is 6. The zero-order chi connectivity index (χ0) is 22.8. The fourth-order valence-electron chi connectivity index (χ4n) is 3.57. The summed E-state index contributed by atoms with van der Waals surface area (Å²) < 4.78 is 7.27. The van der Waals surface area contributed by atoms with E-state index in [-0.39, 0.29) is 6.54 Å². The summed E-state index contributed by atoms with van der Waals surface area (Å²) in [5.74, 6) is 1.18. The molecule has 4 rings (SSSR count). The molecule has 0 saturated heterocycles. The summed E-state index contributed by atoms with van der Waals surface area (Å²) in [4.78, 5) is 33.4. The van der Waals surface area contributed by atoms with Crippen molar-refractivity contribution in [2.75, 3.05) is 0 Å². The first-order valence-electron chi connectivity index (χ1n) is 10.6. The molecule has 0 unspecified atom stereocenters. The number of rotatable bonds is 7. The Bertz CT molecular complexity index is 1350. The zero-order valence-electron chi connectivity index (χ0n) is 18.2. The Morgan fingerprint density at radius 1 is 1.16 bits per heavy atom. The van der Waals surface area contributed by atoms with Gasteiger partial charge in [0.2, 0.25) is 5.88 Å². The van der Waals surface area contributed by atoms with Gasteiger partial charge in [-0.25, -0.2) is 9.78 Å². The van der Waals surface area contributed by atoms with Crippen molar-refractivity contribution in [3.8, 4) is 22.1 Å². The molecule has 1 atom stereocenters. The summed E-state index contributed by atoms with van der Waals surface area (Å²) >= 11 is 1.37. The lowest BCUT2D eigenvalue weighted by atomic mass is 10.1. The number of pyridine rings is 1. The number of hydrogen-bond donors (Lipinski definition) is 2. The number of H-pyrrole nitrogens is 1. The second-order valence-corrected chi connectivity index (χ2v) is 8.67. The van der Waals surface area contributed by atoms with E-state index in [1.54, 1.807) is 12.3 Å². The van der Waals surface area contributed by atoms with Crippen LogP contribution in [0.5, 0.6) is 11.6 Å². The minimum Gasteiger partial charge on any atom is -0.439 e. The molecule has 0 aliphatic heterocycles. The maximum Gasteiger partial charge on any atom is 0.329 e. The summed E-state index contributed by atoms with van der Waals surface area (Å²) in [6, 6.07) is 11.4. The number of aromatic amines is 1. The SMILES string of the molecule is CCc1c(-c2ccc(Oc3ccc(C)cc3)nc2)sc2c1c(=O)[nH]c(=O)n2C[C@@H](O)CC. The van der Waals surface area contributed by atoms with Crippen molar-refractivity contribution in [1.29, 1.82) is 0 Å². The first kappa shape index (κ1) is 22.0. The van der Waals surface area contributed by atoms with E-state index in [0.29, 0.717) is 34.7 Å². The van der Waals surface area contributed by atoms with Crippen LogP contribution in [-0.4, -0.2) is 25.7 Å². The summed E-state index contributed by atoms with van der Waals surface area (Å²) in [6.07, 6.45) is 2.18. The molecule has 1 aromatic carbocycles. The van der Waals surface area contributed by atoms with Crippen LogP contribution in [0.4, 0.5) is 0 Å². The third-order valence-electron chi connectivity index (χ3n) is 5.39. The average molecular weight is 452 g/mol. The molecule has 0 aliphatic rings. The molecular weight excluding hydrogens is 426 g/mol. The zero-order valence-corrected chi connectivity index (χ0v) is 19.0. The highest BCUT2D eigenvalue weighted by Gasteiger charge is 2.20. The monoisotopic (exact) mass is 451 g/mol. The van der Waals surface area contributed by atoms with Crippen molar-refractivity contribution >= 4 is 21.6 Å². The third-order valence-corrected chi connectivity index (χ3v) is 6.69. The molecule has 0 saturated carbocycles. The predicted molar refractivity (Wildman–Crippen MR) is 127 cm³/mol. The Labute approximate surface area is 189 Å². The van der Waals surface area contributed by atoms with Crippen LogP contribution in [0.1, 0.15) is 31.4 Å². The molecule has 3 aromatic heterocycles. The number of nitrogens with one attached hydrogen (secondary N) is 1. The first-order chi connectivity index (χ1) is 15.4. The van der Waals surface area contributed by atoms with Crippen LogP contribution >= 0.6 is 11.3 Å². The fraction of sp³-hybridized carbons (Fsp3) is 0.292. The van der Waals surface area contributed by atoms with E-state index in [9.17, 15) is 14.7 Å². The van der Waals surface area contributed by atoms with Gasteiger partial charge in [0.25, 0.3) is 5.56 Å². The van der Waals surface area contributed by atoms with E-state index in [1.165, 1.54) is 15.9 Å². The average Bonchev–Trinajstić information content (AvgIpc) is 3.18. The van der Waals surface area contributed by atoms with E-state index in [2.05, 4.69) is 9.97 Å². The number of aliphatic hydroxyl groups is 1. The molecule has 0 bridgehead atoms. The van der Waals surface area contributed by atoms with Gasteiger partial charge in [0, 0.05) is 22.7 Å². The molecule has 7 nitrogen and oxygen atoms in total. The van der Waals surface area contributed by atoms with E-state index < -0.39 is 17.4 Å². The van der Waals surface area contributed by atoms with Gasteiger partial charge in [0.05, 0.1) is 18.0 Å². The molecule has 4 aromatic rings. The summed E-state index contributed by atoms with van der Waals surface area (Å²) in [7, 11) is 0. The number of aliphatic hydroxyl groups excluding tert-OH is 1.